The number of anilines is 1. The number of hydrogen-bond donors (Lipinski definition) is 1. The molecule has 2 aromatic rings. The van der Waals surface area contributed by atoms with Crippen LogP contribution in [0.2, 0.25) is 0 Å². The Labute approximate surface area is 140 Å². The summed E-state index contributed by atoms with van der Waals surface area (Å²) in [6.45, 7) is 5.73. The molecule has 5 nitrogen and oxygen atoms in total. The molecular formula is C17H20N2O3S. The SMILES string of the molecule is C/C=C/c1ccc(OCC(=O)Nc2nc(C)c(C)s2)c(OC)c1. The van der Waals surface area contributed by atoms with Gasteiger partial charge in [-0.05, 0) is 38.5 Å². The highest BCUT2D eigenvalue weighted by atomic mass is 32.1. The Balaban J connectivity index is 1.98. The first-order valence-corrected chi connectivity index (χ1v) is 8.02. The van der Waals surface area contributed by atoms with Crippen molar-refractivity contribution in [2.24, 2.45) is 0 Å². The van der Waals surface area contributed by atoms with Gasteiger partial charge in [0.1, 0.15) is 0 Å². The number of amides is 1. The molecule has 0 saturated carbocycles. The van der Waals surface area contributed by atoms with E-state index in [2.05, 4.69) is 10.3 Å². The van der Waals surface area contributed by atoms with E-state index in [0.29, 0.717) is 16.6 Å². The molecule has 1 amide bonds. The Kier molecular flexibility index (Phi) is 5.76. The van der Waals surface area contributed by atoms with E-state index in [1.54, 1.807) is 13.2 Å². The summed E-state index contributed by atoms with van der Waals surface area (Å²) in [5, 5.41) is 3.32. The molecule has 122 valence electrons. The Morgan fingerprint density at radius 3 is 2.74 bits per heavy atom. The minimum atomic E-state index is -0.252. The van der Waals surface area contributed by atoms with Gasteiger partial charge in [-0.3, -0.25) is 10.1 Å². The van der Waals surface area contributed by atoms with Crippen molar-refractivity contribution < 1.29 is 14.3 Å². The second kappa shape index (κ2) is 7.78. The maximum atomic E-state index is 12.0. The van der Waals surface area contributed by atoms with Crippen LogP contribution in [0.15, 0.2) is 24.3 Å². The second-order valence-corrected chi connectivity index (χ2v) is 6.11. The average Bonchev–Trinajstić information content (AvgIpc) is 2.84. The third kappa shape index (κ3) is 4.56. The van der Waals surface area contributed by atoms with Crippen LogP contribution < -0.4 is 14.8 Å². The number of carbonyl (C=O) groups is 1. The van der Waals surface area contributed by atoms with Gasteiger partial charge in [-0.25, -0.2) is 4.98 Å². The van der Waals surface area contributed by atoms with Crippen LogP contribution in [0, 0.1) is 13.8 Å². The van der Waals surface area contributed by atoms with Gasteiger partial charge < -0.3 is 9.47 Å². The van der Waals surface area contributed by atoms with Crippen molar-refractivity contribution in [3.8, 4) is 11.5 Å². The maximum absolute atomic E-state index is 12.0. The van der Waals surface area contributed by atoms with E-state index < -0.39 is 0 Å². The molecule has 0 aliphatic carbocycles. The fraction of sp³-hybridized carbons (Fsp3) is 0.294. The average molecular weight is 332 g/mol. The van der Waals surface area contributed by atoms with Crippen LogP contribution in [0.25, 0.3) is 6.08 Å². The first-order chi connectivity index (χ1) is 11.0. The lowest BCUT2D eigenvalue weighted by Gasteiger charge is -2.11. The number of allylic oxidation sites excluding steroid dienone is 1. The molecule has 23 heavy (non-hydrogen) atoms. The van der Waals surface area contributed by atoms with E-state index in [4.69, 9.17) is 9.47 Å². The van der Waals surface area contributed by atoms with Crippen LogP contribution in [0.3, 0.4) is 0 Å². The number of aryl methyl sites for hydroxylation is 2. The number of thiazole rings is 1. The van der Waals surface area contributed by atoms with Crippen LogP contribution >= 0.6 is 11.3 Å². The molecule has 1 N–H and O–H groups in total. The Bertz CT molecular complexity index is 703. The zero-order chi connectivity index (χ0) is 16.8. The summed E-state index contributed by atoms with van der Waals surface area (Å²) in [5.74, 6) is 0.870. The number of benzene rings is 1. The van der Waals surface area contributed by atoms with Gasteiger partial charge in [0.05, 0.1) is 12.8 Å². The van der Waals surface area contributed by atoms with E-state index in [1.165, 1.54) is 11.3 Å². The minimum Gasteiger partial charge on any atom is -0.493 e. The third-order valence-electron chi connectivity index (χ3n) is 3.18. The van der Waals surface area contributed by atoms with Gasteiger partial charge in [0.25, 0.3) is 5.91 Å². The van der Waals surface area contributed by atoms with Crippen molar-refractivity contribution in [1.82, 2.24) is 4.98 Å². The summed E-state index contributed by atoms with van der Waals surface area (Å²) in [6, 6.07) is 5.56. The molecule has 2 rings (SSSR count). The summed E-state index contributed by atoms with van der Waals surface area (Å²) < 4.78 is 10.8. The largest absolute Gasteiger partial charge is 0.493 e. The Morgan fingerprint density at radius 1 is 1.35 bits per heavy atom. The highest BCUT2D eigenvalue weighted by Gasteiger charge is 2.11. The quantitative estimate of drug-likeness (QED) is 0.873. The summed E-state index contributed by atoms with van der Waals surface area (Å²) >= 11 is 1.45. The van der Waals surface area contributed by atoms with Gasteiger partial charge >= 0.3 is 0 Å². The zero-order valence-corrected chi connectivity index (χ0v) is 14.5. The van der Waals surface area contributed by atoms with Crippen molar-refractivity contribution in [1.29, 1.82) is 0 Å². The number of ether oxygens (including phenoxy) is 2. The van der Waals surface area contributed by atoms with Gasteiger partial charge in [0, 0.05) is 4.88 Å². The minimum absolute atomic E-state index is 0.100. The molecule has 0 radical (unpaired) electrons. The molecule has 0 saturated heterocycles. The predicted octanol–water partition coefficient (Wildman–Crippen LogP) is 3.82. The van der Waals surface area contributed by atoms with Crippen molar-refractivity contribution in [3.05, 3.63) is 40.4 Å². The molecule has 0 unspecified atom stereocenters. The molecule has 0 spiro atoms. The van der Waals surface area contributed by atoms with Crippen molar-refractivity contribution in [3.63, 3.8) is 0 Å². The third-order valence-corrected chi connectivity index (χ3v) is 4.17. The van der Waals surface area contributed by atoms with Gasteiger partial charge in [0.2, 0.25) is 0 Å². The highest BCUT2D eigenvalue weighted by molar-refractivity contribution is 7.15. The zero-order valence-electron chi connectivity index (χ0n) is 13.7. The fourth-order valence-electron chi connectivity index (χ4n) is 1.92. The maximum Gasteiger partial charge on any atom is 0.264 e. The summed E-state index contributed by atoms with van der Waals surface area (Å²) in [4.78, 5) is 17.3. The van der Waals surface area contributed by atoms with Gasteiger partial charge in [-0.2, -0.15) is 0 Å². The van der Waals surface area contributed by atoms with Crippen molar-refractivity contribution in [2.45, 2.75) is 20.8 Å². The number of rotatable bonds is 6. The van der Waals surface area contributed by atoms with Crippen LogP contribution in [-0.2, 0) is 4.79 Å². The molecule has 1 aromatic heterocycles. The Morgan fingerprint density at radius 2 is 2.13 bits per heavy atom. The standard InChI is InChI=1S/C17H20N2O3S/c1-5-6-13-7-8-14(15(9-13)21-4)22-10-16(20)19-17-18-11(2)12(3)23-17/h5-9H,10H2,1-4H3,(H,18,19,20)/b6-5+. The van der Waals surface area contributed by atoms with Gasteiger partial charge in [0.15, 0.2) is 23.2 Å². The topological polar surface area (TPSA) is 60.5 Å². The first kappa shape index (κ1) is 17.0. The number of carbonyl (C=O) groups excluding carboxylic acids is 1. The van der Waals surface area contributed by atoms with Crippen LogP contribution in [-0.4, -0.2) is 24.6 Å². The van der Waals surface area contributed by atoms with E-state index in [9.17, 15) is 4.79 Å². The van der Waals surface area contributed by atoms with E-state index in [1.807, 2.05) is 45.1 Å². The highest BCUT2D eigenvalue weighted by Crippen LogP contribution is 2.28. The second-order valence-electron chi connectivity index (χ2n) is 4.91. The monoisotopic (exact) mass is 332 g/mol. The summed E-state index contributed by atoms with van der Waals surface area (Å²) in [6.07, 6.45) is 3.91. The molecule has 0 aliphatic rings. The van der Waals surface area contributed by atoms with Crippen LogP contribution in [0.1, 0.15) is 23.1 Å². The number of nitrogens with zero attached hydrogens (tertiary/aromatic N) is 1. The summed E-state index contributed by atoms with van der Waals surface area (Å²) in [7, 11) is 1.57. The van der Waals surface area contributed by atoms with Gasteiger partial charge in [-0.1, -0.05) is 18.2 Å². The normalized spacial score (nSPS) is 10.8. The van der Waals surface area contributed by atoms with Gasteiger partial charge in [-0.15, -0.1) is 11.3 Å². The summed E-state index contributed by atoms with van der Waals surface area (Å²) in [5.41, 5.74) is 1.93. The molecule has 1 heterocycles. The lowest BCUT2D eigenvalue weighted by atomic mass is 10.2. The molecule has 6 heteroatoms. The van der Waals surface area contributed by atoms with Crippen molar-refractivity contribution in [2.75, 3.05) is 19.0 Å². The smallest absolute Gasteiger partial charge is 0.264 e. The molecular weight excluding hydrogens is 312 g/mol. The van der Waals surface area contributed by atoms with E-state index in [0.717, 1.165) is 16.1 Å². The van der Waals surface area contributed by atoms with Crippen LogP contribution in [0.5, 0.6) is 11.5 Å². The van der Waals surface area contributed by atoms with E-state index in [-0.39, 0.29) is 12.5 Å². The lowest BCUT2D eigenvalue weighted by molar-refractivity contribution is -0.118. The molecule has 1 aromatic carbocycles. The number of methoxy groups -OCH3 is 1. The number of nitrogens with one attached hydrogen (secondary N) is 1. The van der Waals surface area contributed by atoms with E-state index >= 15 is 0 Å². The molecule has 0 aliphatic heterocycles. The van der Waals surface area contributed by atoms with Crippen molar-refractivity contribution >= 4 is 28.5 Å². The van der Waals surface area contributed by atoms with Crippen LogP contribution in [0.4, 0.5) is 5.13 Å². The number of aromatic nitrogens is 1. The Hall–Kier alpha value is -2.34. The molecule has 0 atom stereocenters. The molecule has 0 fully saturated rings. The number of hydrogen-bond acceptors (Lipinski definition) is 5. The molecule has 0 bridgehead atoms. The fourth-order valence-corrected chi connectivity index (χ4v) is 2.76. The predicted molar refractivity (Wildman–Crippen MR) is 93.4 cm³/mol. The first-order valence-electron chi connectivity index (χ1n) is 7.21. The lowest BCUT2D eigenvalue weighted by Crippen LogP contribution is -2.20.